The largest absolute Gasteiger partial charge is 0.508 e. The van der Waals surface area contributed by atoms with E-state index in [4.69, 9.17) is 14.9 Å². The number of ether oxygens (including phenoxy) is 1. The minimum atomic E-state index is -0.653. The van der Waals surface area contributed by atoms with Gasteiger partial charge in [0.25, 0.3) is 0 Å². The maximum atomic E-state index is 11.4. The van der Waals surface area contributed by atoms with Crippen molar-refractivity contribution in [2.24, 2.45) is 5.92 Å². The number of phenolic OH excluding ortho intramolecular Hbond substituents is 1. The lowest BCUT2D eigenvalue weighted by molar-refractivity contribution is -0.137. The Balaban J connectivity index is 0.000000679. The fourth-order valence-electron chi connectivity index (χ4n) is 3.57. The molecule has 0 radical (unpaired) electrons. The van der Waals surface area contributed by atoms with E-state index in [9.17, 15) is 9.59 Å². The Morgan fingerprint density at radius 3 is 1.53 bits per heavy atom. The standard InChI is InChI=1S/C18H36O2.C11H14O3/c1-2-3-4-5-6-7-8-9-10-11-12-13-14-15-16-17-18(19)20;1-8(2)7-14-11(13)9-3-5-10(12)6-4-9/h2-17H2,1H3,(H,19,20);3-6,8,12H,7H2,1-2H3. The second-order valence-electron chi connectivity index (χ2n) is 9.63. The second kappa shape index (κ2) is 22.7. The molecule has 196 valence electrons. The molecule has 0 fully saturated rings. The zero-order chi connectivity index (χ0) is 25.4. The van der Waals surface area contributed by atoms with Crippen LogP contribution in [0.25, 0.3) is 0 Å². The van der Waals surface area contributed by atoms with Gasteiger partial charge in [-0.25, -0.2) is 4.79 Å². The molecule has 0 amide bonds. The quantitative estimate of drug-likeness (QED) is 0.154. The van der Waals surface area contributed by atoms with Gasteiger partial charge >= 0.3 is 11.9 Å². The number of carboxylic acid groups (broad SMARTS) is 1. The second-order valence-corrected chi connectivity index (χ2v) is 9.63. The fourth-order valence-corrected chi connectivity index (χ4v) is 3.57. The highest BCUT2D eigenvalue weighted by Gasteiger charge is 2.07. The summed E-state index contributed by atoms with van der Waals surface area (Å²) in [6, 6.07) is 6.01. The fraction of sp³-hybridized carbons (Fsp3) is 0.724. The molecular formula is C29H50O5. The lowest BCUT2D eigenvalue weighted by Gasteiger charge is -2.06. The number of rotatable bonds is 19. The third-order valence-corrected chi connectivity index (χ3v) is 5.64. The zero-order valence-corrected chi connectivity index (χ0v) is 22.0. The molecule has 1 rings (SSSR count). The van der Waals surface area contributed by atoms with Crippen LogP contribution in [0, 0.1) is 5.92 Å². The van der Waals surface area contributed by atoms with Crippen LogP contribution in [0.15, 0.2) is 24.3 Å². The lowest BCUT2D eigenvalue weighted by atomic mass is 10.0. The average Bonchev–Trinajstić information content (AvgIpc) is 2.80. The molecule has 0 heterocycles. The Kier molecular flexibility index (Phi) is 21.4. The van der Waals surface area contributed by atoms with E-state index >= 15 is 0 Å². The van der Waals surface area contributed by atoms with Gasteiger partial charge in [-0.15, -0.1) is 0 Å². The van der Waals surface area contributed by atoms with Gasteiger partial charge in [-0.05, 0) is 36.6 Å². The highest BCUT2D eigenvalue weighted by Crippen LogP contribution is 2.14. The molecule has 0 bridgehead atoms. The molecule has 34 heavy (non-hydrogen) atoms. The van der Waals surface area contributed by atoms with Gasteiger partial charge in [-0.2, -0.15) is 0 Å². The molecule has 0 aliphatic carbocycles. The number of hydrogen-bond donors (Lipinski definition) is 2. The third kappa shape index (κ3) is 21.8. The Morgan fingerprint density at radius 2 is 1.15 bits per heavy atom. The summed E-state index contributed by atoms with van der Waals surface area (Å²) in [4.78, 5) is 21.7. The molecule has 5 heteroatoms. The van der Waals surface area contributed by atoms with Gasteiger partial charge in [0, 0.05) is 6.42 Å². The van der Waals surface area contributed by atoms with Gasteiger partial charge in [0.1, 0.15) is 5.75 Å². The summed E-state index contributed by atoms with van der Waals surface area (Å²) in [7, 11) is 0. The van der Waals surface area contributed by atoms with Crippen LogP contribution in [0.1, 0.15) is 134 Å². The normalized spacial score (nSPS) is 10.6. The van der Waals surface area contributed by atoms with E-state index in [1.54, 1.807) is 0 Å². The SMILES string of the molecule is CC(C)COC(=O)c1ccc(O)cc1.CCCCCCCCCCCCCCCCCC(=O)O. The van der Waals surface area contributed by atoms with Crippen LogP contribution in [-0.4, -0.2) is 28.8 Å². The summed E-state index contributed by atoms with van der Waals surface area (Å²) >= 11 is 0. The van der Waals surface area contributed by atoms with E-state index in [0.717, 1.165) is 12.8 Å². The summed E-state index contributed by atoms with van der Waals surface area (Å²) in [5.41, 5.74) is 0.462. The van der Waals surface area contributed by atoms with Crippen LogP contribution >= 0.6 is 0 Å². The van der Waals surface area contributed by atoms with Gasteiger partial charge in [0.05, 0.1) is 12.2 Å². The molecule has 0 aliphatic heterocycles. The third-order valence-electron chi connectivity index (χ3n) is 5.64. The topological polar surface area (TPSA) is 83.8 Å². The monoisotopic (exact) mass is 478 g/mol. The first-order valence-electron chi connectivity index (χ1n) is 13.5. The minimum absolute atomic E-state index is 0.144. The maximum Gasteiger partial charge on any atom is 0.338 e. The van der Waals surface area contributed by atoms with Crippen LogP contribution < -0.4 is 0 Å². The first-order valence-corrected chi connectivity index (χ1v) is 13.5. The maximum absolute atomic E-state index is 11.4. The van der Waals surface area contributed by atoms with Crippen molar-refractivity contribution < 1.29 is 24.5 Å². The molecule has 5 nitrogen and oxygen atoms in total. The van der Waals surface area contributed by atoms with E-state index in [-0.39, 0.29) is 11.7 Å². The van der Waals surface area contributed by atoms with Crippen LogP contribution in [0.2, 0.25) is 0 Å². The first-order chi connectivity index (χ1) is 16.4. The Bertz CT molecular complexity index is 609. The summed E-state index contributed by atoms with van der Waals surface area (Å²) < 4.78 is 5.01. The molecular weight excluding hydrogens is 428 g/mol. The van der Waals surface area contributed by atoms with E-state index in [1.807, 2.05) is 13.8 Å². The number of carbonyl (C=O) groups is 2. The van der Waals surface area contributed by atoms with Crippen molar-refractivity contribution in [3.63, 3.8) is 0 Å². The predicted octanol–water partition coefficient (Wildman–Crippen LogP) is 8.54. The van der Waals surface area contributed by atoms with Crippen molar-refractivity contribution >= 4 is 11.9 Å². The number of unbranched alkanes of at least 4 members (excludes halogenated alkanes) is 14. The van der Waals surface area contributed by atoms with Crippen molar-refractivity contribution in [1.29, 1.82) is 0 Å². The van der Waals surface area contributed by atoms with Crippen molar-refractivity contribution in [3.8, 4) is 5.75 Å². The Labute approximate surface area is 208 Å². The van der Waals surface area contributed by atoms with Crippen LogP contribution in [-0.2, 0) is 9.53 Å². The smallest absolute Gasteiger partial charge is 0.338 e. The average molecular weight is 479 g/mol. The molecule has 0 saturated heterocycles. The van der Waals surface area contributed by atoms with Gasteiger partial charge < -0.3 is 14.9 Å². The minimum Gasteiger partial charge on any atom is -0.508 e. The van der Waals surface area contributed by atoms with E-state index in [2.05, 4.69) is 6.92 Å². The molecule has 1 aromatic rings. The molecule has 0 atom stereocenters. The summed E-state index contributed by atoms with van der Waals surface area (Å²) in [5.74, 6) is -0.528. The number of aromatic hydroxyl groups is 1. The van der Waals surface area contributed by atoms with Crippen molar-refractivity contribution in [1.82, 2.24) is 0 Å². The Morgan fingerprint density at radius 1 is 0.735 bits per heavy atom. The lowest BCUT2D eigenvalue weighted by Crippen LogP contribution is -2.09. The number of phenols is 1. The number of aliphatic carboxylic acids is 1. The van der Waals surface area contributed by atoms with Crippen LogP contribution in [0.4, 0.5) is 0 Å². The van der Waals surface area contributed by atoms with E-state index in [0.29, 0.717) is 24.5 Å². The molecule has 0 aliphatic rings. The van der Waals surface area contributed by atoms with Crippen LogP contribution in [0.5, 0.6) is 5.75 Å². The summed E-state index contributed by atoms with van der Waals surface area (Å²) in [6.07, 6.45) is 20.2. The van der Waals surface area contributed by atoms with Crippen molar-refractivity contribution in [2.45, 2.75) is 124 Å². The summed E-state index contributed by atoms with van der Waals surface area (Å²) in [6.45, 7) is 6.64. The number of carboxylic acids is 1. The molecule has 0 saturated carbocycles. The predicted molar refractivity (Wildman–Crippen MR) is 140 cm³/mol. The molecule has 0 unspecified atom stereocenters. The highest BCUT2D eigenvalue weighted by atomic mass is 16.5. The highest BCUT2D eigenvalue weighted by molar-refractivity contribution is 5.89. The summed E-state index contributed by atoms with van der Waals surface area (Å²) in [5, 5.41) is 17.5. The van der Waals surface area contributed by atoms with Crippen molar-refractivity contribution in [2.75, 3.05) is 6.61 Å². The number of esters is 1. The Hall–Kier alpha value is -2.04. The molecule has 0 aromatic heterocycles. The first kappa shape index (κ1) is 32.0. The van der Waals surface area contributed by atoms with E-state index < -0.39 is 5.97 Å². The number of hydrogen-bond acceptors (Lipinski definition) is 4. The van der Waals surface area contributed by atoms with Gasteiger partial charge in [0.2, 0.25) is 0 Å². The van der Waals surface area contributed by atoms with Gasteiger partial charge in [-0.3, -0.25) is 4.79 Å². The van der Waals surface area contributed by atoms with Gasteiger partial charge in [0.15, 0.2) is 0 Å². The molecule has 2 N–H and O–H groups in total. The van der Waals surface area contributed by atoms with Crippen LogP contribution in [0.3, 0.4) is 0 Å². The zero-order valence-electron chi connectivity index (χ0n) is 22.0. The molecule has 1 aromatic carbocycles. The number of benzene rings is 1. The van der Waals surface area contributed by atoms with E-state index in [1.165, 1.54) is 108 Å². The number of carbonyl (C=O) groups excluding carboxylic acids is 1. The van der Waals surface area contributed by atoms with Gasteiger partial charge in [-0.1, -0.05) is 111 Å². The molecule has 0 spiro atoms. The van der Waals surface area contributed by atoms with Crippen molar-refractivity contribution in [3.05, 3.63) is 29.8 Å².